The number of anilines is 3. The molecule has 11 heteroatoms. The molecule has 1 saturated carbocycles. The van der Waals surface area contributed by atoms with E-state index in [1.807, 2.05) is 17.9 Å². The number of nitrogens with one attached hydrogen (secondary N) is 1. The highest BCUT2D eigenvalue weighted by Gasteiger charge is 2.37. The van der Waals surface area contributed by atoms with Crippen molar-refractivity contribution in [3.63, 3.8) is 0 Å². The monoisotopic (exact) mass is 613 g/mol. The third kappa shape index (κ3) is 5.34. The van der Waals surface area contributed by atoms with Gasteiger partial charge in [0.15, 0.2) is 5.78 Å². The number of likely N-dealkylation sites (tertiary alicyclic amines) is 1. The lowest BCUT2D eigenvalue weighted by Crippen LogP contribution is -2.60. The zero-order valence-corrected chi connectivity index (χ0v) is 26.8. The molecule has 2 saturated heterocycles. The van der Waals surface area contributed by atoms with Crippen molar-refractivity contribution in [3.8, 4) is 5.75 Å². The number of ketones is 1. The number of amides is 1. The van der Waals surface area contributed by atoms with Gasteiger partial charge in [0.1, 0.15) is 18.0 Å². The van der Waals surface area contributed by atoms with Crippen molar-refractivity contribution in [2.75, 3.05) is 49.5 Å². The molecule has 1 aromatic carbocycles. The summed E-state index contributed by atoms with van der Waals surface area (Å²) < 4.78 is 8.12. The number of fused-ring (bicyclic) bond motifs is 4. The number of piperidine rings is 1. The summed E-state index contributed by atoms with van der Waals surface area (Å²) in [6, 6.07) is 4.96. The quantitative estimate of drug-likeness (QED) is 0.420. The minimum absolute atomic E-state index is 0.0302. The van der Waals surface area contributed by atoms with Gasteiger partial charge in [0.05, 0.1) is 17.3 Å². The maximum Gasteiger partial charge on any atom is 0.263 e. The standard InChI is InChI=1S/C34H43N7O4/c1-20-15-24(16-29-31(20)40-14-13-39(18-27(40)19-45-29)25-9-11-38(12-10-25)23(4)43)36-34-35-17-28-21(2)30(22(3)42)33(44)41(32(28)37-34)26-7-5-6-8-26/h15-17,25-27H,5-14,18-19H2,1-4H3,(H,35,36,37)/t27-/m0/s1. The molecule has 3 fully saturated rings. The number of aryl methyl sites for hydroxylation is 2. The van der Waals surface area contributed by atoms with Gasteiger partial charge in [-0.3, -0.25) is 23.9 Å². The zero-order chi connectivity index (χ0) is 31.4. The molecule has 1 amide bonds. The summed E-state index contributed by atoms with van der Waals surface area (Å²) in [6.07, 6.45) is 7.71. The summed E-state index contributed by atoms with van der Waals surface area (Å²) >= 11 is 0. The molecule has 0 radical (unpaired) electrons. The van der Waals surface area contributed by atoms with E-state index in [9.17, 15) is 14.4 Å². The molecule has 4 aliphatic rings. The van der Waals surface area contributed by atoms with Crippen molar-refractivity contribution < 1.29 is 14.3 Å². The smallest absolute Gasteiger partial charge is 0.263 e. The van der Waals surface area contributed by atoms with Crippen molar-refractivity contribution in [3.05, 3.63) is 45.4 Å². The Morgan fingerprint density at radius 1 is 0.956 bits per heavy atom. The lowest BCUT2D eigenvalue weighted by Gasteiger charge is -2.49. The first kappa shape index (κ1) is 29.7. The second-order valence-electron chi connectivity index (χ2n) is 13.3. The average molecular weight is 614 g/mol. The van der Waals surface area contributed by atoms with Crippen LogP contribution >= 0.6 is 0 Å². The second-order valence-corrected chi connectivity index (χ2v) is 13.3. The van der Waals surface area contributed by atoms with Gasteiger partial charge in [-0.25, -0.2) is 4.98 Å². The number of hydrogen-bond donors (Lipinski definition) is 1. The first-order valence-electron chi connectivity index (χ1n) is 16.4. The first-order chi connectivity index (χ1) is 21.7. The molecule has 11 nitrogen and oxygen atoms in total. The Morgan fingerprint density at radius 2 is 1.71 bits per heavy atom. The van der Waals surface area contributed by atoms with Crippen LogP contribution < -0.4 is 20.5 Å². The molecule has 1 atom stereocenters. The fourth-order valence-corrected chi connectivity index (χ4v) is 8.12. The summed E-state index contributed by atoms with van der Waals surface area (Å²) in [5.41, 5.74) is 4.28. The van der Waals surface area contributed by atoms with E-state index >= 15 is 0 Å². The van der Waals surface area contributed by atoms with Crippen molar-refractivity contribution in [1.82, 2.24) is 24.3 Å². The molecule has 0 unspecified atom stereocenters. The van der Waals surface area contributed by atoms with Gasteiger partial charge in [0.25, 0.3) is 5.56 Å². The highest BCUT2D eigenvalue weighted by molar-refractivity contribution is 5.99. The van der Waals surface area contributed by atoms with E-state index in [-0.39, 0.29) is 34.9 Å². The summed E-state index contributed by atoms with van der Waals surface area (Å²) in [5.74, 6) is 1.20. The largest absolute Gasteiger partial charge is 0.489 e. The van der Waals surface area contributed by atoms with Gasteiger partial charge in [0, 0.05) is 75.1 Å². The van der Waals surface area contributed by atoms with Crippen molar-refractivity contribution >= 4 is 40.0 Å². The number of hydrogen-bond acceptors (Lipinski definition) is 9. The maximum absolute atomic E-state index is 13.6. The topological polar surface area (TPSA) is 113 Å². The van der Waals surface area contributed by atoms with Crippen LogP contribution in [0.1, 0.15) is 79.9 Å². The predicted octanol–water partition coefficient (Wildman–Crippen LogP) is 4.36. The number of nitrogens with zero attached hydrogens (tertiary/aromatic N) is 6. The average Bonchev–Trinajstić information content (AvgIpc) is 3.55. The Bertz CT molecular complexity index is 1720. The molecule has 2 aromatic heterocycles. The molecule has 0 spiro atoms. The van der Waals surface area contributed by atoms with Crippen LogP contribution in [0.4, 0.5) is 17.3 Å². The molecule has 7 rings (SSSR count). The lowest BCUT2D eigenvalue weighted by molar-refractivity contribution is -0.130. The number of ether oxygens (including phenoxy) is 1. The van der Waals surface area contributed by atoms with E-state index in [4.69, 9.17) is 9.72 Å². The van der Waals surface area contributed by atoms with Crippen molar-refractivity contribution in [2.45, 2.75) is 84.3 Å². The van der Waals surface area contributed by atoms with Crippen LogP contribution in [0.5, 0.6) is 5.75 Å². The van der Waals surface area contributed by atoms with Crippen LogP contribution in [0.25, 0.3) is 11.0 Å². The Kier molecular flexibility index (Phi) is 7.75. The van der Waals surface area contributed by atoms with Gasteiger partial charge in [-0.2, -0.15) is 4.98 Å². The normalized spacial score (nSPS) is 21.0. The molecule has 3 aromatic rings. The molecule has 45 heavy (non-hydrogen) atoms. The summed E-state index contributed by atoms with van der Waals surface area (Å²) in [4.78, 5) is 54.4. The van der Waals surface area contributed by atoms with E-state index < -0.39 is 0 Å². The van der Waals surface area contributed by atoms with E-state index in [0.29, 0.717) is 29.8 Å². The summed E-state index contributed by atoms with van der Waals surface area (Å²) in [5, 5.41) is 4.11. The van der Waals surface area contributed by atoms with E-state index in [2.05, 4.69) is 33.1 Å². The molecule has 1 aliphatic carbocycles. The Hall–Kier alpha value is -3.99. The molecular weight excluding hydrogens is 570 g/mol. The molecule has 1 N–H and O–H groups in total. The van der Waals surface area contributed by atoms with Crippen LogP contribution in [-0.2, 0) is 4.79 Å². The van der Waals surface area contributed by atoms with Gasteiger partial charge < -0.3 is 19.9 Å². The van der Waals surface area contributed by atoms with E-state index in [1.165, 1.54) is 6.92 Å². The van der Waals surface area contributed by atoms with Crippen molar-refractivity contribution in [2.24, 2.45) is 0 Å². The molecule has 5 heterocycles. The maximum atomic E-state index is 13.6. The number of Topliss-reactive ketones (excluding diaryl/α,β-unsaturated/α-hetero) is 1. The number of piperazine rings is 1. The van der Waals surface area contributed by atoms with Crippen LogP contribution in [0.2, 0.25) is 0 Å². The van der Waals surface area contributed by atoms with Gasteiger partial charge >= 0.3 is 0 Å². The molecule has 0 bridgehead atoms. The SMILES string of the molecule is CC(=O)c1c(C)c2cnc(Nc3cc(C)c4c(c3)OC[C@@H]3CN(C5CCN(C(C)=O)CC5)CCN43)nc2n(C2CCCC2)c1=O. The van der Waals surface area contributed by atoms with Crippen molar-refractivity contribution in [1.29, 1.82) is 0 Å². The third-order valence-corrected chi connectivity index (χ3v) is 10.4. The first-order valence-corrected chi connectivity index (χ1v) is 16.4. The van der Waals surface area contributed by atoms with Crippen LogP contribution in [0, 0.1) is 13.8 Å². The number of aromatic nitrogens is 3. The Balaban J connectivity index is 1.13. The van der Waals surface area contributed by atoms with Crippen LogP contribution in [0.3, 0.4) is 0 Å². The molecule has 238 valence electrons. The number of benzene rings is 1. The fraction of sp³-hybridized carbons (Fsp3) is 0.559. The summed E-state index contributed by atoms with van der Waals surface area (Å²) in [6.45, 7) is 12.3. The minimum Gasteiger partial charge on any atom is -0.489 e. The van der Waals surface area contributed by atoms with Crippen LogP contribution in [0.15, 0.2) is 23.1 Å². The van der Waals surface area contributed by atoms with Crippen LogP contribution in [-0.4, -0.2) is 87.4 Å². The predicted molar refractivity (Wildman–Crippen MR) is 174 cm³/mol. The fourth-order valence-electron chi connectivity index (χ4n) is 8.12. The van der Waals surface area contributed by atoms with E-state index in [1.54, 1.807) is 17.7 Å². The number of rotatable bonds is 5. The molecule has 3 aliphatic heterocycles. The Morgan fingerprint density at radius 3 is 2.42 bits per heavy atom. The third-order valence-electron chi connectivity index (χ3n) is 10.4. The number of carbonyl (C=O) groups excluding carboxylic acids is 2. The Labute approximate surface area is 263 Å². The van der Waals surface area contributed by atoms with Gasteiger partial charge in [-0.15, -0.1) is 0 Å². The summed E-state index contributed by atoms with van der Waals surface area (Å²) in [7, 11) is 0. The highest BCUT2D eigenvalue weighted by Crippen LogP contribution is 2.41. The van der Waals surface area contributed by atoms with Gasteiger partial charge in [0.2, 0.25) is 11.9 Å². The van der Waals surface area contributed by atoms with Gasteiger partial charge in [-0.1, -0.05) is 12.8 Å². The van der Waals surface area contributed by atoms with E-state index in [0.717, 1.165) is 99.3 Å². The molecular formula is C34H43N7O4. The van der Waals surface area contributed by atoms with Gasteiger partial charge in [-0.05, 0) is 63.6 Å². The lowest BCUT2D eigenvalue weighted by atomic mass is 9.99. The zero-order valence-electron chi connectivity index (χ0n) is 26.8. The highest BCUT2D eigenvalue weighted by atomic mass is 16.5. The minimum atomic E-state index is -0.252. The second kappa shape index (κ2) is 11.7. The number of carbonyl (C=O) groups is 2. The number of pyridine rings is 1.